The van der Waals surface area contributed by atoms with Crippen LogP contribution in [0.25, 0.3) is 0 Å². The monoisotopic (exact) mass is 417 g/mol. The second-order valence-electron chi connectivity index (χ2n) is 5.55. The van der Waals surface area contributed by atoms with E-state index in [-0.39, 0.29) is 34.6 Å². The third kappa shape index (κ3) is 6.06. The van der Waals surface area contributed by atoms with Crippen molar-refractivity contribution in [3.63, 3.8) is 0 Å². The van der Waals surface area contributed by atoms with Crippen LogP contribution in [0.2, 0.25) is 5.02 Å². The van der Waals surface area contributed by atoms with Crippen LogP contribution in [-0.2, 0) is 6.42 Å². The molecule has 2 aromatic carbocycles. The quantitative estimate of drug-likeness (QED) is 0.703. The molecule has 0 aliphatic rings. The third-order valence-corrected chi connectivity index (χ3v) is 3.89. The lowest BCUT2D eigenvalue weighted by atomic mass is 10.1. The largest absolute Gasteiger partial charge is 0.494 e. The van der Waals surface area contributed by atoms with Gasteiger partial charge in [0.05, 0.1) is 13.2 Å². The first kappa shape index (κ1) is 20.9. The predicted molar refractivity (Wildman–Crippen MR) is 101 cm³/mol. The molecule has 132 valence electrons. The topological polar surface area (TPSA) is 41.5 Å². The number of aliphatic hydroxyl groups excluding tert-OH is 1. The first-order valence-corrected chi connectivity index (χ1v) is 7.86. The number of halogens is 3. The highest BCUT2D eigenvalue weighted by Crippen LogP contribution is 2.19. The molecule has 0 saturated carbocycles. The molecule has 2 rings (SSSR count). The number of hydrogen-bond donors (Lipinski definition) is 2. The molecule has 3 nitrogen and oxygen atoms in total. The molecule has 0 aliphatic carbocycles. The number of ether oxygens (including phenoxy) is 1. The van der Waals surface area contributed by atoms with E-state index in [1.54, 1.807) is 18.2 Å². The Morgan fingerprint density at radius 2 is 2.00 bits per heavy atom. The highest BCUT2D eigenvalue weighted by molar-refractivity contribution is 8.93. The fraction of sp³-hybridized carbons (Fsp3) is 0.333. The van der Waals surface area contributed by atoms with Crippen molar-refractivity contribution < 1.29 is 14.2 Å². The second-order valence-corrected chi connectivity index (χ2v) is 5.99. The van der Waals surface area contributed by atoms with Crippen molar-refractivity contribution in [1.82, 2.24) is 5.32 Å². The van der Waals surface area contributed by atoms with Gasteiger partial charge in [-0.3, -0.25) is 0 Å². The van der Waals surface area contributed by atoms with Gasteiger partial charge in [0, 0.05) is 17.6 Å². The molecular formula is C18H22BrClFNO2. The summed E-state index contributed by atoms with van der Waals surface area (Å²) >= 11 is 5.92. The van der Waals surface area contributed by atoms with E-state index >= 15 is 0 Å². The Labute approximate surface area is 157 Å². The predicted octanol–water partition coefficient (Wildman–Crippen LogP) is 4.32. The van der Waals surface area contributed by atoms with E-state index in [9.17, 15) is 9.50 Å². The smallest absolute Gasteiger partial charge is 0.165 e. The van der Waals surface area contributed by atoms with Gasteiger partial charge in [-0.25, -0.2) is 4.39 Å². The highest BCUT2D eigenvalue weighted by atomic mass is 79.9. The van der Waals surface area contributed by atoms with Crippen molar-refractivity contribution in [2.24, 2.45) is 0 Å². The molecule has 0 fully saturated rings. The lowest BCUT2D eigenvalue weighted by Gasteiger charge is -2.18. The number of benzene rings is 2. The number of aliphatic hydroxyl groups is 1. The Hall–Kier alpha value is -1.14. The molecule has 2 unspecified atom stereocenters. The second kappa shape index (κ2) is 9.99. The summed E-state index contributed by atoms with van der Waals surface area (Å²) in [4.78, 5) is 0. The molecule has 0 spiro atoms. The van der Waals surface area contributed by atoms with Crippen LogP contribution in [-0.4, -0.2) is 24.8 Å². The van der Waals surface area contributed by atoms with Gasteiger partial charge >= 0.3 is 0 Å². The van der Waals surface area contributed by atoms with Crippen LogP contribution in [0.3, 0.4) is 0 Å². The number of methoxy groups -OCH3 is 1. The average Bonchev–Trinajstić information content (AvgIpc) is 2.53. The van der Waals surface area contributed by atoms with E-state index in [1.807, 2.05) is 25.1 Å². The molecule has 0 bridgehead atoms. The van der Waals surface area contributed by atoms with Crippen LogP contribution in [0.15, 0.2) is 42.5 Å². The Kier molecular flexibility index (Phi) is 8.70. The van der Waals surface area contributed by atoms with Gasteiger partial charge in [-0.1, -0.05) is 29.8 Å². The summed E-state index contributed by atoms with van der Waals surface area (Å²) in [5, 5.41) is 14.0. The molecular weight excluding hydrogens is 397 g/mol. The van der Waals surface area contributed by atoms with E-state index < -0.39 is 6.10 Å². The Balaban J connectivity index is 0.00000288. The Morgan fingerprint density at radius 1 is 1.25 bits per heavy atom. The number of nitrogens with one attached hydrogen (secondary N) is 1. The van der Waals surface area contributed by atoms with Crippen LogP contribution in [0, 0.1) is 5.82 Å². The molecule has 24 heavy (non-hydrogen) atoms. The number of rotatable bonds is 7. The van der Waals surface area contributed by atoms with E-state index in [1.165, 1.54) is 13.2 Å². The normalized spacial score (nSPS) is 13.0. The van der Waals surface area contributed by atoms with Gasteiger partial charge in [-0.15, -0.1) is 17.0 Å². The minimum absolute atomic E-state index is 0. The van der Waals surface area contributed by atoms with E-state index in [2.05, 4.69) is 5.32 Å². The van der Waals surface area contributed by atoms with Crippen LogP contribution in [0.5, 0.6) is 5.75 Å². The summed E-state index contributed by atoms with van der Waals surface area (Å²) in [6, 6.07) is 12.2. The minimum Gasteiger partial charge on any atom is -0.494 e. The maximum Gasteiger partial charge on any atom is 0.165 e. The van der Waals surface area contributed by atoms with Crippen LogP contribution < -0.4 is 10.1 Å². The zero-order chi connectivity index (χ0) is 16.8. The molecule has 6 heteroatoms. The molecule has 0 aliphatic heterocycles. The lowest BCUT2D eigenvalue weighted by molar-refractivity contribution is 0.170. The summed E-state index contributed by atoms with van der Waals surface area (Å²) in [7, 11) is 1.44. The molecule has 2 atom stereocenters. The first-order chi connectivity index (χ1) is 11.0. The van der Waals surface area contributed by atoms with Gasteiger partial charge < -0.3 is 15.2 Å². The zero-order valence-corrected chi connectivity index (χ0v) is 16.1. The fourth-order valence-electron chi connectivity index (χ4n) is 2.41. The average molecular weight is 419 g/mol. The van der Waals surface area contributed by atoms with Gasteiger partial charge in [-0.2, -0.15) is 0 Å². The van der Waals surface area contributed by atoms with E-state index in [0.717, 1.165) is 11.1 Å². The SMILES string of the molecule is Br.COc1ccc(CC(C)NCC(O)c2cccc(Cl)c2)cc1F. The fourth-order valence-corrected chi connectivity index (χ4v) is 2.61. The van der Waals surface area contributed by atoms with Crippen LogP contribution >= 0.6 is 28.6 Å². The van der Waals surface area contributed by atoms with Gasteiger partial charge in [-0.05, 0) is 48.7 Å². The van der Waals surface area contributed by atoms with Crippen molar-refractivity contribution in [1.29, 1.82) is 0 Å². The van der Waals surface area contributed by atoms with Crippen molar-refractivity contribution in [2.75, 3.05) is 13.7 Å². The van der Waals surface area contributed by atoms with Gasteiger partial charge in [0.15, 0.2) is 11.6 Å². The molecule has 0 heterocycles. The van der Waals surface area contributed by atoms with Crippen molar-refractivity contribution in [2.45, 2.75) is 25.5 Å². The van der Waals surface area contributed by atoms with Crippen molar-refractivity contribution in [3.8, 4) is 5.75 Å². The molecule has 0 radical (unpaired) electrons. The minimum atomic E-state index is -0.635. The van der Waals surface area contributed by atoms with Gasteiger partial charge in [0.25, 0.3) is 0 Å². The summed E-state index contributed by atoms with van der Waals surface area (Å²) in [5.74, 6) is -0.123. The first-order valence-electron chi connectivity index (χ1n) is 7.49. The van der Waals surface area contributed by atoms with Gasteiger partial charge in [0.1, 0.15) is 0 Å². The van der Waals surface area contributed by atoms with Crippen molar-refractivity contribution >= 4 is 28.6 Å². The number of hydrogen-bond acceptors (Lipinski definition) is 3. The molecule has 0 saturated heterocycles. The van der Waals surface area contributed by atoms with E-state index in [4.69, 9.17) is 16.3 Å². The van der Waals surface area contributed by atoms with E-state index in [0.29, 0.717) is 18.0 Å². The third-order valence-electron chi connectivity index (χ3n) is 3.65. The van der Waals surface area contributed by atoms with Crippen LogP contribution in [0.1, 0.15) is 24.2 Å². The summed E-state index contributed by atoms with van der Waals surface area (Å²) in [6.45, 7) is 2.40. The maximum absolute atomic E-state index is 13.7. The standard InChI is InChI=1S/C18H21ClFNO2.BrH/c1-12(8-13-6-7-18(23-2)16(20)9-13)21-11-17(22)14-4-3-5-15(19)10-14;/h3-7,9-10,12,17,21-22H,8,11H2,1-2H3;1H. The molecule has 0 amide bonds. The Morgan fingerprint density at radius 3 is 2.62 bits per heavy atom. The summed E-state index contributed by atoms with van der Waals surface area (Å²) < 4.78 is 18.6. The Bertz CT molecular complexity index is 657. The lowest BCUT2D eigenvalue weighted by Crippen LogP contribution is -2.32. The van der Waals surface area contributed by atoms with Gasteiger partial charge in [0.2, 0.25) is 0 Å². The van der Waals surface area contributed by atoms with Crippen molar-refractivity contribution in [3.05, 3.63) is 64.4 Å². The van der Waals surface area contributed by atoms with Crippen LogP contribution in [0.4, 0.5) is 4.39 Å². The zero-order valence-electron chi connectivity index (χ0n) is 13.6. The maximum atomic E-state index is 13.7. The summed E-state index contributed by atoms with van der Waals surface area (Å²) in [6.07, 6.45) is 0.0205. The molecule has 2 aromatic rings. The molecule has 2 N–H and O–H groups in total. The highest BCUT2D eigenvalue weighted by Gasteiger charge is 2.11. The molecule has 0 aromatic heterocycles. The summed E-state index contributed by atoms with van der Waals surface area (Å²) in [5.41, 5.74) is 1.65.